The first-order valence-electron chi connectivity index (χ1n) is 6.55. The Morgan fingerprint density at radius 3 is 2.32 bits per heavy atom. The Morgan fingerprint density at radius 2 is 1.58 bits per heavy atom. The minimum atomic E-state index is 0.911. The number of rotatable bonds is 2. The quantitative estimate of drug-likeness (QED) is 0.801. The van der Waals surface area contributed by atoms with Gasteiger partial charge in [0, 0.05) is 31.2 Å². The first-order valence-corrected chi connectivity index (χ1v) is 6.55. The molecular weight excluding hydrogens is 232 g/mol. The predicted molar refractivity (Wildman–Crippen MR) is 81.6 cm³/mol. The highest BCUT2D eigenvalue weighted by Gasteiger charge is 2.19. The van der Waals surface area contributed by atoms with Crippen LogP contribution in [-0.4, -0.2) is 25.5 Å². The first-order chi connectivity index (χ1) is 9.25. The molecule has 3 rings (SSSR count). The van der Waals surface area contributed by atoms with E-state index in [1.165, 1.54) is 22.6 Å². The third-order valence-corrected chi connectivity index (χ3v) is 3.51. The van der Waals surface area contributed by atoms with E-state index < -0.39 is 0 Å². The minimum Gasteiger partial charge on any atom is -0.379 e. The maximum absolute atomic E-state index is 2.37. The van der Waals surface area contributed by atoms with Crippen LogP contribution in [-0.2, 0) is 0 Å². The summed E-state index contributed by atoms with van der Waals surface area (Å²) in [7, 11) is 4.20. The molecule has 2 aromatic rings. The summed E-state index contributed by atoms with van der Waals surface area (Å²) in [5, 5.41) is 0. The normalized spacial score (nSPS) is 13.8. The van der Waals surface area contributed by atoms with Crippen molar-refractivity contribution in [2.75, 3.05) is 25.5 Å². The Kier molecular flexibility index (Phi) is 3.00. The lowest BCUT2D eigenvalue weighted by Crippen LogP contribution is -2.29. The molecule has 1 aliphatic rings. The van der Waals surface area contributed by atoms with Crippen LogP contribution in [0.1, 0.15) is 5.56 Å². The molecule has 2 aromatic carbocycles. The number of benzene rings is 2. The molecule has 0 spiro atoms. The molecule has 1 heterocycles. The highest BCUT2D eigenvalue weighted by Crippen LogP contribution is 2.34. The summed E-state index contributed by atoms with van der Waals surface area (Å²) in [6, 6.07) is 19.1. The Morgan fingerprint density at radius 1 is 0.895 bits per heavy atom. The van der Waals surface area contributed by atoms with E-state index >= 15 is 0 Å². The van der Waals surface area contributed by atoms with Crippen LogP contribution < -0.4 is 4.90 Å². The standard InChI is InChI=1S/C17H18N2/c1-18(2)16-12-14-8-6-7-11-17(14)19(13-16)15-9-4-3-5-10-15/h3-12H,13H2,1-2H3. The summed E-state index contributed by atoms with van der Waals surface area (Å²) >= 11 is 0. The molecule has 1 aliphatic heterocycles. The highest BCUT2D eigenvalue weighted by molar-refractivity contribution is 5.78. The maximum Gasteiger partial charge on any atom is 0.0631 e. The average Bonchev–Trinajstić information content (AvgIpc) is 2.47. The molecule has 19 heavy (non-hydrogen) atoms. The SMILES string of the molecule is CN(C)C1=Cc2ccccc2N(c2ccccc2)C1. The van der Waals surface area contributed by atoms with E-state index in [9.17, 15) is 0 Å². The first kappa shape index (κ1) is 11.8. The molecule has 0 radical (unpaired) electrons. The van der Waals surface area contributed by atoms with Crippen LogP contribution in [0.4, 0.5) is 11.4 Å². The van der Waals surface area contributed by atoms with Gasteiger partial charge in [-0.1, -0.05) is 36.4 Å². The lowest BCUT2D eigenvalue weighted by Gasteiger charge is -2.33. The molecule has 96 valence electrons. The third kappa shape index (κ3) is 2.22. The minimum absolute atomic E-state index is 0.911. The van der Waals surface area contributed by atoms with Crippen LogP contribution >= 0.6 is 0 Å². The fourth-order valence-electron chi connectivity index (χ4n) is 2.44. The summed E-state index contributed by atoms with van der Waals surface area (Å²) in [5.74, 6) is 0. The van der Waals surface area contributed by atoms with Gasteiger partial charge < -0.3 is 9.80 Å². The molecule has 0 saturated heterocycles. The zero-order chi connectivity index (χ0) is 13.2. The second-order valence-electron chi connectivity index (χ2n) is 5.01. The Balaban J connectivity index is 2.10. The van der Waals surface area contributed by atoms with Gasteiger partial charge in [-0.2, -0.15) is 0 Å². The summed E-state index contributed by atoms with van der Waals surface area (Å²) in [4.78, 5) is 4.55. The molecule has 0 fully saturated rings. The second-order valence-corrected chi connectivity index (χ2v) is 5.01. The van der Waals surface area contributed by atoms with Crippen molar-refractivity contribution in [3.63, 3.8) is 0 Å². The van der Waals surface area contributed by atoms with Crippen molar-refractivity contribution >= 4 is 17.5 Å². The van der Waals surface area contributed by atoms with Gasteiger partial charge in [0.25, 0.3) is 0 Å². The zero-order valence-electron chi connectivity index (χ0n) is 11.4. The molecule has 0 aliphatic carbocycles. The van der Waals surface area contributed by atoms with Crippen molar-refractivity contribution in [3.8, 4) is 0 Å². The molecule has 0 amide bonds. The van der Waals surface area contributed by atoms with Gasteiger partial charge in [0.2, 0.25) is 0 Å². The second kappa shape index (κ2) is 4.81. The molecule has 2 heteroatoms. The maximum atomic E-state index is 2.37. The van der Waals surface area contributed by atoms with Gasteiger partial charge in [0.05, 0.1) is 6.54 Å². The lowest BCUT2D eigenvalue weighted by molar-refractivity contribution is 0.504. The topological polar surface area (TPSA) is 6.48 Å². The number of para-hydroxylation sites is 2. The van der Waals surface area contributed by atoms with Gasteiger partial charge in [0.15, 0.2) is 0 Å². The Labute approximate surface area is 114 Å². The van der Waals surface area contributed by atoms with Gasteiger partial charge in [-0.3, -0.25) is 0 Å². The fraction of sp³-hybridized carbons (Fsp3) is 0.176. The van der Waals surface area contributed by atoms with E-state index in [-0.39, 0.29) is 0 Å². The van der Waals surface area contributed by atoms with Crippen molar-refractivity contribution in [2.24, 2.45) is 0 Å². The van der Waals surface area contributed by atoms with Crippen LogP contribution in [0.2, 0.25) is 0 Å². The van der Waals surface area contributed by atoms with Crippen molar-refractivity contribution in [3.05, 3.63) is 65.9 Å². The molecule has 0 bridgehead atoms. The number of hydrogen-bond donors (Lipinski definition) is 0. The van der Waals surface area contributed by atoms with E-state index in [1.807, 2.05) is 0 Å². The van der Waals surface area contributed by atoms with Crippen LogP contribution in [0, 0.1) is 0 Å². The Hall–Kier alpha value is -2.22. The van der Waals surface area contributed by atoms with Crippen LogP contribution in [0.15, 0.2) is 60.3 Å². The molecule has 0 N–H and O–H groups in total. The van der Waals surface area contributed by atoms with E-state index in [4.69, 9.17) is 0 Å². The van der Waals surface area contributed by atoms with Gasteiger partial charge in [-0.05, 0) is 29.8 Å². The number of nitrogens with zero attached hydrogens (tertiary/aromatic N) is 2. The zero-order valence-corrected chi connectivity index (χ0v) is 11.4. The Bertz CT molecular complexity index is 600. The summed E-state index contributed by atoms with van der Waals surface area (Å²) in [5.41, 5.74) is 5.12. The molecule has 0 aromatic heterocycles. The van der Waals surface area contributed by atoms with E-state index in [2.05, 4.69) is 84.6 Å². The van der Waals surface area contributed by atoms with Gasteiger partial charge in [0.1, 0.15) is 0 Å². The molecular formula is C17H18N2. The van der Waals surface area contributed by atoms with Gasteiger partial charge in [-0.25, -0.2) is 0 Å². The lowest BCUT2D eigenvalue weighted by atomic mass is 10.0. The average molecular weight is 250 g/mol. The summed E-state index contributed by atoms with van der Waals surface area (Å²) < 4.78 is 0. The largest absolute Gasteiger partial charge is 0.379 e. The summed E-state index contributed by atoms with van der Waals surface area (Å²) in [6.45, 7) is 0.911. The van der Waals surface area contributed by atoms with Crippen molar-refractivity contribution in [2.45, 2.75) is 0 Å². The molecule has 0 atom stereocenters. The van der Waals surface area contributed by atoms with E-state index in [0.29, 0.717) is 0 Å². The van der Waals surface area contributed by atoms with Crippen molar-refractivity contribution in [1.82, 2.24) is 4.90 Å². The predicted octanol–water partition coefficient (Wildman–Crippen LogP) is 3.74. The number of fused-ring (bicyclic) bond motifs is 1. The number of hydrogen-bond acceptors (Lipinski definition) is 2. The number of anilines is 2. The van der Waals surface area contributed by atoms with Crippen molar-refractivity contribution in [1.29, 1.82) is 0 Å². The molecule has 0 saturated carbocycles. The monoisotopic (exact) mass is 250 g/mol. The number of likely N-dealkylation sites (N-methyl/N-ethyl adjacent to an activating group) is 1. The molecule has 0 unspecified atom stereocenters. The van der Waals surface area contributed by atoms with Gasteiger partial charge >= 0.3 is 0 Å². The molecule has 2 nitrogen and oxygen atoms in total. The van der Waals surface area contributed by atoms with Crippen LogP contribution in [0.3, 0.4) is 0 Å². The summed E-state index contributed by atoms with van der Waals surface area (Å²) in [6.07, 6.45) is 2.27. The van der Waals surface area contributed by atoms with Gasteiger partial charge in [-0.15, -0.1) is 0 Å². The highest BCUT2D eigenvalue weighted by atomic mass is 15.2. The van der Waals surface area contributed by atoms with Crippen LogP contribution in [0.25, 0.3) is 6.08 Å². The van der Waals surface area contributed by atoms with Crippen molar-refractivity contribution < 1.29 is 0 Å². The van der Waals surface area contributed by atoms with E-state index in [0.717, 1.165) is 6.54 Å². The third-order valence-electron chi connectivity index (χ3n) is 3.51. The van der Waals surface area contributed by atoms with Crippen LogP contribution in [0.5, 0.6) is 0 Å². The van der Waals surface area contributed by atoms with E-state index in [1.54, 1.807) is 0 Å². The fourth-order valence-corrected chi connectivity index (χ4v) is 2.44. The smallest absolute Gasteiger partial charge is 0.0631 e.